The van der Waals surface area contributed by atoms with Gasteiger partial charge in [0.25, 0.3) is 0 Å². The summed E-state index contributed by atoms with van der Waals surface area (Å²) < 4.78 is 5.60. The van der Waals surface area contributed by atoms with E-state index in [1.165, 1.54) is 0 Å². The maximum Gasteiger partial charge on any atom is 0.328 e. The summed E-state index contributed by atoms with van der Waals surface area (Å²) in [6, 6.07) is 17.7. The van der Waals surface area contributed by atoms with Gasteiger partial charge in [0.1, 0.15) is 12.6 Å². The third-order valence-corrected chi connectivity index (χ3v) is 13.8. The van der Waals surface area contributed by atoms with Gasteiger partial charge < -0.3 is 25.6 Å². The number of amides is 2. The minimum absolute atomic E-state index is 0.0624. The number of aliphatic hydroxyl groups excluding tert-OH is 2. The van der Waals surface area contributed by atoms with Gasteiger partial charge in [0.2, 0.25) is 11.8 Å². The summed E-state index contributed by atoms with van der Waals surface area (Å²) >= 11 is 0. The lowest BCUT2D eigenvalue weighted by atomic mass is 9.43. The van der Waals surface area contributed by atoms with E-state index in [2.05, 4.69) is 31.4 Å². The van der Waals surface area contributed by atoms with Crippen molar-refractivity contribution in [2.45, 2.75) is 123 Å². The number of para-hydroxylation sites is 1. The van der Waals surface area contributed by atoms with Crippen LogP contribution in [0.4, 0.5) is 5.69 Å². The number of esters is 1. The third-order valence-electron chi connectivity index (χ3n) is 13.8. The molecule has 4 N–H and O–H groups in total. The number of fused-ring (bicyclic) bond motifs is 5. The molecule has 8 nitrogen and oxygen atoms in total. The number of anilines is 1. The number of carbonyl (C=O) groups excluding carboxylic acids is 3. The van der Waals surface area contributed by atoms with E-state index in [1.54, 1.807) is 12.1 Å². The summed E-state index contributed by atoms with van der Waals surface area (Å²) in [6.45, 7) is 7.27. The molecule has 0 saturated heterocycles. The molecule has 11 atom stereocenters. The van der Waals surface area contributed by atoms with Crippen molar-refractivity contribution in [1.29, 1.82) is 0 Å². The summed E-state index contributed by atoms with van der Waals surface area (Å²) in [5.74, 6) is 1.52. The van der Waals surface area contributed by atoms with Gasteiger partial charge in [-0.25, -0.2) is 4.79 Å². The maximum atomic E-state index is 13.4. The molecule has 4 aliphatic rings. The summed E-state index contributed by atoms with van der Waals surface area (Å²) in [4.78, 5) is 39.4. The minimum Gasteiger partial charge on any atom is -0.459 e. The molecule has 0 radical (unpaired) electrons. The summed E-state index contributed by atoms with van der Waals surface area (Å²) in [6.07, 6.45) is 8.78. The number of rotatable bonds is 12. The van der Waals surface area contributed by atoms with Crippen molar-refractivity contribution in [2.24, 2.45) is 46.3 Å². The highest BCUT2D eigenvalue weighted by molar-refractivity contribution is 5.91. The molecule has 6 rings (SSSR count). The average molecular weight is 687 g/mol. The first kappa shape index (κ1) is 36.6. The Morgan fingerprint density at radius 1 is 0.820 bits per heavy atom. The lowest BCUT2D eigenvalue weighted by molar-refractivity contribution is -0.174. The van der Waals surface area contributed by atoms with Crippen molar-refractivity contribution >= 4 is 23.5 Å². The molecule has 0 aliphatic heterocycles. The molecule has 0 spiro atoms. The standard InChI is InChI=1S/C42H58N2O6/c1-27(32-15-16-33-39-34(21-23-42(32,33)3)41(2)22-20-31(45)24-29(41)25-36(39)46)14-18-38(48)44-35(40(49)50-26-28-10-6-4-7-11-28)17-19-37(47)43-30-12-8-5-9-13-30/h4-13,27,29,31-36,39,45-46H,14-26H2,1-3H3,(H,43,47)(H,44,48)/t27-,29+,31-,32-,33+,34+,35+,36-,39+,41+,42-/m1/s1. The fraction of sp³-hybridized carbons (Fsp3) is 0.643. The molecule has 4 saturated carbocycles. The highest BCUT2D eigenvalue weighted by atomic mass is 16.5. The van der Waals surface area contributed by atoms with Crippen molar-refractivity contribution in [1.82, 2.24) is 5.32 Å². The summed E-state index contributed by atoms with van der Waals surface area (Å²) in [5.41, 5.74) is 1.87. The molecule has 272 valence electrons. The molecule has 0 unspecified atom stereocenters. The van der Waals surface area contributed by atoms with E-state index < -0.39 is 12.0 Å². The van der Waals surface area contributed by atoms with Crippen LogP contribution in [0.25, 0.3) is 0 Å². The first-order valence-corrected chi connectivity index (χ1v) is 19.2. The lowest BCUT2D eigenvalue weighted by Crippen LogP contribution is -2.58. The Hall–Kier alpha value is -3.23. The zero-order valence-electron chi connectivity index (χ0n) is 30.2. The second kappa shape index (κ2) is 15.6. The number of nitrogens with one attached hydrogen (secondary N) is 2. The molecule has 2 aromatic rings. The van der Waals surface area contributed by atoms with Crippen LogP contribution in [-0.4, -0.2) is 46.2 Å². The van der Waals surface area contributed by atoms with Crippen molar-refractivity contribution < 1.29 is 29.3 Å². The van der Waals surface area contributed by atoms with E-state index in [9.17, 15) is 24.6 Å². The predicted molar refractivity (Wildman–Crippen MR) is 193 cm³/mol. The Morgan fingerprint density at radius 3 is 2.22 bits per heavy atom. The average Bonchev–Trinajstić information content (AvgIpc) is 3.46. The monoisotopic (exact) mass is 686 g/mol. The molecular weight excluding hydrogens is 628 g/mol. The van der Waals surface area contributed by atoms with Gasteiger partial charge in [-0.15, -0.1) is 0 Å². The van der Waals surface area contributed by atoms with Crippen molar-refractivity contribution in [3.63, 3.8) is 0 Å². The maximum absolute atomic E-state index is 13.4. The largest absolute Gasteiger partial charge is 0.459 e. The quantitative estimate of drug-likeness (QED) is 0.178. The smallest absolute Gasteiger partial charge is 0.328 e. The molecule has 2 aromatic carbocycles. The van der Waals surface area contributed by atoms with Crippen LogP contribution >= 0.6 is 0 Å². The zero-order chi connectivity index (χ0) is 35.5. The predicted octanol–water partition coefficient (Wildman–Crippen LogP) is 7.04. The van der Waals surface area contributed by atoms with E-state index in [-0.39, 0.29) is 54.3 Å². The van der Waals surface area contributed by atoms with E-state index in [0.717, 1.165) is 56.9 Å². The second-order valence-corrected chi connectivity index (χ2v) is 16.6. The van der Waals surface area contributed by atoms with E-state index in [0.29, 0.717) is 54.0 Å². The zero-order valence-corrected chi connectivity index (χ0v) is 30.2. The van der Waals surface area contributed by atoms with Gasteiger partial charge >= 0.3 is 5.97 Å². The number of carbonyl (C=O) groups is 3. The number of hydrogen-bond acceptors (Lipinski definition) is 6. The third kappa shape index (κ3) is 7.81. The fourth-order valence-electron chi connectivity index (χ4n) is 11.1. The Balaban J connectivity index is 1.05. The van der Waals surface area contributed by atoms with Crippen LogP contribution in [0.1, 0.15) is 103 Å². The second-order valence-electron chi connectivity index (χ2n) is 16.6. The summed E-state index contributed by atoms with van der Waals surface area (Å²) in [5, 5.41) is 27.8. The Bertz CT molecular complexity index is 1470. The van der Waals surface area contributed by atoms with Crippen LogP contribution in [0.2, 0.25) is 0 Å². The Morgan fingerprint density at radius 2 is 1.48 bits per heavy atom. The van der Waals surface area contributed by atoms with Gasteiger partial charge in [-0.3, -0.25) is 9.59 Å². The van der Waals surface area contributed by atoms with Crippen LogP contribution in [-0.2, 0) is 25.7 Å². The normalized spacial score (nSPS) is 34.3. The topological polar surface area (TPSA) is 125 Å². The molecule has 8 heteroatoms. The lowest BCUT2D eigenvalue weighted by Gasteiger charge is -2.62. The van der Waals surface area contributed by atoms with E-state index in [4.69, 9.17) is 4.74 Å². The molecule has 4 aliphatic carbocycles. The number of aliphatic hydroxyl groups is 2. The first-order chi connectivity index (χ1) is 24.0. The van der Waals surface area contributed by atoms with E-state index >= 15 is 0 Å². The van der Waals surface area contributed by atoms with Gasteiger partial charge in [0, 0.05) is 18.5 Å². The fourth-order valence-corrected chi connectivity index (χ4v) is 11.1. The van der Waals surface area contributed by atoms with Gasteiger partial charge in [0.05, 0.1) is 12.2 Å². The number of benzene rings is 2. The van der Waals surface area contributed by atoms with Gasteiger partial charge in [-0.1, -0.05) is 69.3 Å². The molecule has 0 bridgehead atoms. The van der Waals surface area contributed by atoms with Crippen LogP contribution in [0, 0.1) is 46.3 Å². The van der Waals surface area contributed by atoms with Gasteiger partial charge in [0.15, 0.2) is 0 Å². The SMILES string of the molecule is C[C@H](CCC(=O)N[C@@H](CCC(=O)Nc1ccccc1)C(=O)OCc1ccccc1)[C@H]1CC[C@H]2[C@@H]3[C@H](O)C[C@@H]4C[C@H](O)CC[C@]4(C)[C@H]3CC[C@]12C. The molecular formula is C42H58N2O6. The molecule has 0 heterocycles. The van der Waals surface area contributed by atoms with Crippen LogP contribution in [0.5, 0.6) is 0 Å². The number of hydrogen-bond donors (Lipinski definition) is 4. The summed E-state index contributed by atoms with van der Waals surface area (Å²) in [7, 11) is 0. The Kier molecular flexibility index (Phi) is 11.4. The van der Waals surface area contributed by atoms with Crippen LogP contribution in [0.15, 0.2) is 60.7 Å². The van der Waals surface area contributed by atoms with Gasteiger partial charge in [-0.05, 0) is 128 Å². The van der Waals surface area contributed by atoms with Crippen LogP contribution in [0.3, 0.4) is 0 Å². The molecule has 4 fully saturated rings. The molecule has 0 aromatic heterocycles. The van der Waals surface area contributed by atoms with E-state index in [1.807, 2.05) is 48.5 Å². The highest BCUT2D eigenvalue weighted by Gasteiger charge is 2.62. The minimum atomic E-state index is -0.925. The van der Waals surface area contributed by atoms with Crippen molar-refractivity contribution in [3.05, 3.63) is 66.2 Å². The highest BCUT2D eigenvalue weighted by Crippen LogP contribution is 2.68. The van der Waals surface area contributed by atoms with Gasteiger partial charge in [-0.2, -0.15) is 0 Å². The van der Waals surface area contributed by atoms with Crippen molar-refractivity contribution in [3.8, 4) is 0 Å². The van der Waals surface area contributed by atoms with Crippen molar-refractivity contribution in [2.75, 3.05) is 5.32 Å². The first-order valence-electron chi connectivity index (χ1n) is 19.2. The molecule has 2 amide bonds. The Labute approximate surface area is 298 Å². The molecule has 50 heavy (non-hydrogen) atoms. The number of ether oxygens (including phenoxy) is 1. The van der Waals surface area contributed by atoms with Crippen LogP contribution < -0.4 is 10.6 Å².